The smallest absolute Gasteiger partial charge is 0.293 e. The molecule has 2 aromatic carbocycles. The molecular weight excluding hydrogens is 360 g/mol. The predicted octanol–water partition coefficient (Wildman–Crippen LogP) is 4.16. The van der Waals surface area contributed by atoms with E-state index < -0.39 is 4.92 Å². The monoisotopic (exact) mass is 372 g/mol. The molecule has 0 saturated heterocycles. The van der Waals surface area contributed by atoms with E-state index in [4.69, 9.17) is 0 Å². The molecule has 1 aromatic heterocycles. The van der Waals surface area contributed by atoms with E-state index in [2.05, 4.69) is 26.3 Å². The Hall–Kier alpha value is -2.67. The number of hydrogen-bond acceptors (Lipinski definition) is 4. The van der Waals surface area contributed by atoms with Gasteiger partial charge in [0.2, 0.25) is 0 Å². The second-order valence-corrected chi connectivity index (χ2v) is 5.80. The van der Waals surface area contributed by atoms with Gasteiger partial charge in [-0.2, -0.15) is 5.10 Å². The lowest BCUT2D eigenvalue weighted by atomic mass is 10.2. The molecule has 1 N–H and O–H groups in total. The van der Waals surface area contributed by atoms with Crippen LogP contribution in [0.25, 0.3) is 5.69 Å². The van der Waals surface area contributed by atoms with E-state index in [1.54, 1.807) is 23.0 Å². The average Bonchev–Trinajstić information content (AvgIpc) is 3.08. The zero-order valence-corrected chi connectivity index (χ0v) is 13.6. The summed E-state index contributed by atoms with van der Waals surface area (Å²) in [7, 11) is 0. The summed E-state index contributed by atoms with van der Waals surface area (Å²) in [4.78, 5) is 10.7. The first-order valence-corrected chi connectivity index (χ1v) is 7.69. The molecule has 0 radical (unpaired) electrons. The molecule has 3 aromatic rings. The molecule has 0 bridgehead atoms. The van der Waals surface area contributed by atoms with Gasteiger partial charge in [-0.3, -0.25) is 10.1 Å². The highest BCUT2D eigenvalue weighted by Gasteiger charge is 2.13. The van der Waals surface area contributed by atoms with Crippen molar-refractivity contribution in [2.45, 2.75) is 6.54 Å². The fourth-order valence-corrected chi connectivity index (χ4v) is 2.54. The third-order valence-corrected chi connectivity index (χ3v) is 3.84. The molecule has 1 heterocycles. The number of nitrogens with zero attached hydrogens (tertiary/aromatic N) is 3. The summed E-state index contributed by atoms with van der Waals surface area (Å²) in [5, 5.41) is 18.4. The SMILES string of the molecule is O=[N+]([O-])c1cc(Br)ccc1NCc1ccc(-n2cccn2)cc1. The van der Waals surface area contributed by atoms with Gasteiger partial charge in [0.05, 0.1) is 10.6 Å². The van der Waals surface area contributed by atoms with E-state index >= 15 is 0 Å². The number of nitrogens with one attached hydrogen (secondary N) is 1. The highest BCUT2D eigenvalue weighted by atomic mass is 79.9. The van der Waals surface area contributed by atoms with Gasteiger partial charge in [0, 0.05) is 29.5 Å². The van der Waals surface area contributed by atoms with Gasteiger partial charge in [-0.1, -0.05) is 28.1 Å². The van der Waals surface area contributed by atoms with Gasteiger partial charge in [-0.05, 0) is 35.9 Å². The quantitative estimate of drug-likeness (QED) is 0.539. The first kappa shape index (κ1) is 15.2. The summed E-state index contributed by atoms with van der Waals surface area (Å²) in [5.41, 5.74) is 2.54. The normalized spacial score (nSPS) is 10.5. The Morgan fingerprint density at radius 3 is 2.65 bits per heavy atom. The van der Waals surface area contributed by atoms with Crippen molar-refractivity contribution in [1.29, 1.82) is 0 Å². The van der Waals surface area contributed by atoms with Crippen LogP contribution in [0.5, 0.6) is 0 Å². The van der Waals surface area contributed by atoms with Crippen molar-refractivity contribution in [3.63, 3.8) is 0 Å². The summed E-state index contributed by atoms with van der Waals surface area (Å²) in [6.45, 7) is 0.502. The molecule has 3 rings (SSSR count). The van der Waals surface area contributed by atoms with Crippen molar-refractivity contribution < 1.29 is 4.92 Å². The molecule has 0 amide bonds. The van der Waals surface area contributed by atoms with Crippen LogP contribution < -0.4 is 5.32 Å². The van der Waals surface area contributed by atoms with Gasteiger partial charge in [0.1, 0.15) is 5.69 Å². The molecule has 0 aliphatic rings. The maximum atomic E-state index is 11.1. The van der Waals surface area contributed by atoms with Gasteiger partial charge >= 0.3 is 0 Å². The minimum Gasteiger partial charge on any atom is -0.375 e. The van der Waals surface area contributed by atoms with Crippen LogP contribution in [-0.4, -0.2) is 14.7 Å². The highest BCUT2D eigenvalue weighted by molar-refractivity contribution is 9.10. The van der Waals surface area contributed by atoms with Crippen molar-refractivity contribution in [2.24, 2.45) is 0 Å². The second kappa shape index (κ2) is 6.62. The lowest BCUT2D eigenvalue weighted by Crippen LogP contribution is -2.03. The van der Waals surface area contributed by atoms with Crippen molar-refractivity contribution in [3.05, 3.63) is 81.1 Å². The van der Waals surface area contributed by atoms with Crippen LogP contribution in [0.4, 0.5) is 11.4 Å². The van der Waals surface area contributed by atoms with E-state index in [9.17, 15) is 10.1 Å². The van der Waals surface area contributed by atoms with E-state index in [-0.39, 0.29) is 5.69 Å². The Balaban J connectivity index is 1.73. The van der Waals surface area contributed by atoms with E-state index in [0.29, 0.717) is 16.7 Å². The summed E-state index contributed by atoms with van der Waals surface area (Å²) in [6.07, 6.45) is 3.60. The third-order valence-electron chi connectivity index (χ3n) is 3.34. The number of aromatic nitrogens is 2. The molecule has 23 heavy (non-hydrogen) atoms. The van der Waals surface area contributed by atoms with Crippen LogP contribution in [-0.2, 0) is 6.54 Å². The lowest BCUT2D eigenvalue weighted by molar-refractivity contribution is -0.384. The number of benzene rings is 2. The topological polar surface area (TPSA) is 73.0 Å². The van der Waals surface area contributed by atoms with Crippen molar-refractivity contribution in [2.75, 3.05) is 5.32 Å². The maximum absolute atomic E-state index is 11.1. The Morgan fingerprint density at radius 2 is 2.00 bits per heavy atom. The largest absolute Gasteiger partial charge is 0.375 e. The predicted molar refractivity (Wildman–Crippen MR) is 91.7 cm³/mol. The van der Waals surface area contributed by atoms with Crippen molar-refractivity contribution >= 4 is 27.3 Å². The second-order valence-electron chi connectivity index (χ2n) is 4.89. The molecule has 0 saturated carbocycles. The molecule has 0 aliphatic carbocycles. The lowest BCUT2D eigenvalue weighted by Gasteiger charge is -2.08. The molecule has 0 atom stereocenters. The number of nitro benzene ring substituents is 1. The molecule has 0 fully saturated rings. The summed E-state index contributed by atoms with van der Waals surface area (Å²) >= 11 is 3.25. The van der Waals surface area contributed by atoms with Crippen LogP contribution in [0.1, 0.15) is 5.56 Å². The Bertz CT molecular complexity index is 817. The van der Waals surface area contributed by atoms with Gasteiger partial charge in [0.15, 0.2) is 0 Å². The van der Waals surface area contributed by atoms with Gasteiger partial charge < -0.3 is 5.32 Å². The van der Waals surface area contributed by atoms with E-state index in [0.717, 1.165) is 11.3 Å². The molecule has 0 unspecified atom stereocenters. The number of halogens is 1. The molecule has 7 heteroatoms. The Labute approximate surface area is 141 Å². The number of rotatable bonds is 5. The van der Waals surface area contributed by atoms with Crippen molar-refractivity contribution in [3.8, 4) is 5.69 Å². The number of nitro groups is 1. The average molecular weight is 373 g/mol. The minimum absolute atomic E-state index is 0.0486. The maximum Gasteiger partial charge on any atom is 0.293 e. The Kier molecular flexibility index (Phi) is 4.38. The number of anilines is 1. The van der Waals surface area contributed by atoms with Crippen LogP contribution in [0.15, 0.2) is 65.4 Å². The number of hydrogen-bond donors (Lipinski definition) is 1. The molecule has 116 valence electrons. The fraction of sp³-hybridized carbons (Fsp3) is 0.0625. The molecule has 0 aliphatic heterocycles. The standard InChI is InChI=1S/C16H13BrN4O2/c17-13-4-7-15(16(10-13)21(22)23)18-11-12-2-5-14(6-3-12)20-9-1-8-19-20/h1-10,18H,11H2. The molecule has 0 spiro atoms. The van der Waals surface area contributed by atoms with Gasteiger partial charge in [-0.15, -0.1) is 0 Å². The molecular formula is C16H13BrN4O2. The highest BCUT2D eigenvalue weighted by Crippen LogP contribution is 2.28. The van der Waals surface area contributed by atoms with Crippen LogP contribution >= 0.6 is 15.9 Å². The van der Waals surface area contributed by atoms with Crippen LogP contribution in [0.3, 0.4) is 0 Å². The van der Waals surface area contributed by atoms with Crippen LogP contribution in [0.2, 0.25) is 0 Å². The van der Waals surface area contributed by atoms with E-state index in [1.807, 2.05) is 36.5 Å². The van der Waals surface area contributed by atoms with Gasteiger partial charge in [0.25, 0.3) is 5.69 Å². The Morgan fingerprint density at radius 1 is 1.22 bits per heavy atom. The third kappa shape index (κ3) is 3.57. The zero-order chi connectivity index (χ0) is 16.2. The summed E-state index contributed by atoms with van der Waals surface area (Å²) < 4.78 is 2.45. The summed E-state index contributed by atoms with van der Waals surface area (Å²) in [6, 6.07) is 14.7. The van der Waals surface area contributed by atoms with Crippen LogP contribution in [0, 0.1) is 10.1 Å². The molecule has 6 nitrogen and oxygen atoms in total. The fourth-order valence-electron chi connectivity index (χ4n) is 2.19. The van der Waals surface area contributed by atoms with E-state index in [1.165, 1.54) is 6.07 Å². The zero-order valence-electron chi connectivity index (χ0n) is 12.0. The minimum atomic E-state index is -0.395. The summed E-state index contributed by atoms with van der Waals surface area (Å²) in [5.74, 6) is 0. The van der Waals surface area contributed by atoms with Gasteiger partial charge in [-0.25, -0.2) is 4.68 Å². The first-order chi connectivity index (χ1) is 11.1. The van der Waals surface area contributed by atoms with Crippen molar-refractivity contribution in [1.82, 2.24) is 9.78 Å². The first-order valence-electron chi connectivity index (χ1n) is 6.90.